The number of para-hydroxylation sites is 1. The van der Waals surface area contributed by atoms with E-state index in [2.05, 4.69) is 5.32 Å². The monoisotopic (exact) mass is 519 g/mol. The molecule has 0 radical (unpaired) electrons. The Morgan fingerprint density at radius 3 is 1.89 bits per heavy atom. The van der Waals surface area contributed by atoms with Crippen LogP contribution in [0.3, 0.4) is 0 Å². The van der Waals surface area contributed by atoms with Gasteiger partial charge in [-0.05, 0) is 61.4 Å². The van der Waals surface area contributed by atoms with Gasteiger partial charge in [0.25, 0.3) is 21.8 Å². The Morgan fingerprint density at radius 2 is 1.30 bits per heavy atom. The molecule has 0 bridgehead atoms. The summed E-state index contributed by atoms with van der Waals surface area (Å²) in [7, 11) is -4.30. The number of sulfonamides is 1. The number of likely N-dealkylation sites (tertiary alicyclic amines) is 1. The summed E-state index contributed by atoms with van der Waals surface area (Å²) >= 11 is 0. The normalized spacial score (nSPS) is 13.9. The van der Waals surface area contributed by atoms with Gasteiger partial charge in [-0.3, -0.25) is 14.4 Å². The van der Waals surface area contributed by atoms with Crippen molar-refractivity contribution in [2.75, 3.05) is 23.9 Å². The van der Waals surface area contributed by atoms with Crippen LogP contribution in [-0.2, 0) is 14.8 Å². The predicted molar refractivity (Wildman–Crippen MR) is 141 cm³/mol. The maximum Gasteiger partial charge on any atom is 0.272 e. The molecule has 1 N–H and O–H groups in total. The summed E-state index contributed by atoms with van der Waals surface area (Å²) < 4.78 is 28.0. The van der Waals surface area contributed by atoms with Gasteiger partial charge < -0.3 is 10.2 Å². The van der Waals surface area contributed by atoms with Crippen LogP contribution in [0.4, 0.5) is 5.69 Å². The lowest BCUT2D eigenvalue weighted by Gasteiger charge is -2.23. The van der Waals surface area contributed by atoms with Gasteiger partial charge >= 0.3 is 0 Å². The Kier molecular flexibility index (Phi) is 8.35. The molecule has 9 heteroatoms. The van der Waals surface area contributed by atoms with Crippen LogP contribution in [0.1, 0.15) is 46.4 Å². The molecule has 37 heavy (non-hydrogen) atoms. The molecule has 1 heterocycles. The highest BCUT2D eigenvalue weighted by Gasteiger charge is 2.32. The van der Waals surface area contributed by atoms with Gasteiger partial charge in [-0.1, -0.05) is 49.2 Å². The van der Waals surface area contributed by atoms with Crippen molar-refractivity contribution in [1.82, 2.24) is 10.2 Å². The molecule has 0 aliphatic carbocycles. The second-order valence-corrected chi connectivity index (χ2v) is 10.6. The second-order valence-electron chi connectivity index (χ2n) is 8.78. The van der Waals surface area contributed by atoms with Crippen LogP contribution in [0.25, 0.3) is 0 Å². The van der Waals surface area contributed by atoms with E-state index in [1.165, 1.54) is 24.3 Å². The average molecular weight is 520 g/mol. The number of amides is 3. The van der Waals surface area contributed by atoms with Gasteiger partial charge in [-0.15, -0.1) is 0 Å². The molecule has 1 aliphatic rings. The van der Waals surface area contributed by atoms with Gasteiger partial charge in [0, 0.05) is 24.2 Å². The maximum atomic E-state index is 13.6. The number of nitrogens with zero attached hydrogens (tertiary/aromatic N) is 2. The number of carbonyl (C=O) groups is 3. The Hall–Kier alpha value is -3.98. The first kappa shape index (κ1) is 26.1. The van der Waals surface area contributed by atoms with Gasteiger partial charge in [0.2, 0.25) is 5.91 Å². The highest BCUT2D eigenvalue weighted by Crippen LogP contribution is 2.26. The van der Waals surface area contributed by atoms with Crippen molar-refractivity contribution in [3.05, 3.63) is 96.1 Å². The van der Waals surface area contributed by atoms with Crippen molar-refractivity contribution in [3.8, 4) is 0 Å². The topological polar surface area (TPSA) is 104 Å². The first-order valence-corrected chi connectivity index (χ1v) is 13.7. The van der Waals surface area contributed by atoms with Gasteiger partial charge in [0.1, 0.15) is 0 Å². The molecule has 0 aromatic heterocycles. The number of hydrogen-bond acceptors (Lipinski definition) is 5. The van der Waals surface area contributed by atoms with Crippen molar-refractivity contribution in [2.45, 2.75) is 30.6 Å². The molecular formula is C28H29N3O5S. The van der Waals surface area contributed by atoms with Gasteiger partial charge in [0.05, 0.1) is 17.1 Å². The Bertz CT molecular complexity index is 1340. The fraction of sp³-hybridized carbons (Fsp3) is 0.250. The van der Waals surface area contributed by atoms with E-state index in [-0.39, 0.29) is 34.2 Å². The van der Waals surface area contributed by atoms with Crippen LogP contribution in [0.2, 0.25) is 0 Å². The van der Waals surface area contributed by atoms with Gasteiger partial charge in [-0.25, -0.2) is 8.42 Å². The smallest absolute Gasteiger partial charge is 0.272 e. The molecule has 8 nitrogen and oxygen atoms in total. The number of rotatable bonds is 7. The first-order chi connectivity index (χ1) is 17.9. The standard InChI is InChI=1S/C28H29N3O5S/c32-26(30-19-9-1-2-10-20-30)21-29-27(33)22-15-17-25(18-16-22)37(35,36)31(24-13-7-4-8-14-24)28(34)23-11-5-3-6-12-23/h3-8,11-18H,1-2,9-10,19-21H2,(H,29,33). The summed E-state index contributed by atoms with van der Waals surface area (Å²) in [6, 6.07) is 21.6. The van der Waals surface area contributed by atoms with E-state index in [1.807, 2.05) is 0 Å². The molecule has 3 aromatic rings. The molecule has 192 valence electrons. The average Bonchev–Trinajstić information content (AvgIpc) is 3.22. The SMILES string of the molecule is O=C(NCC(=O)N1CCCCCC1)c1ccc(S(=O)(=O)N(C(=O)c2ccccc2)c2ccccc2)cc1. The minimum absolute atomic E-state index is 0.119. The molecule has 0 atom stereocenters. The molecule has 1 aliphatic heterocycles. The van der Waals surface area contributed by atoms with Gasteiger partial charge in [0.15, 0.2) is 0 Å². The highest BCUT2D eigenvalue weighted by atomic mass is 32.2. The summed E-state index contributed by atoms with van der Waals surface area (Å²) in [4.78, 5) is 40.0. The van der Waals surface area contributed by atoms with E-state index in [1.54, 1.807) is 65.6 Å². The lowest BCUT2D eigenvalue weighted by Crippen LogP contribution is -2.40. The van der Waals surface area contributed by atoms with Crippen LogP contribution in [0.15, 0.2) is 89.8 Å². The number of carbonyl (C=O) groups excluding carboxylic acids is 3. The maximum absolute atomic E-state index is 13.6. The fourth-order valence-corrected chi connectivity index (χ4v) is 5.61. The predicted octanol–water partition coefficient (Wildman–Crippen LogP) is 3.85. The molecule has 0 unspecified atom stereocenters. The van der Waals surface area contributed by atoms with Crippen molar-refractivity contribution in [1.29, 1.82) is 0 Å². The summed E-state index contributed by atoms with van der Waals surface area (Å²) in [6.45, 7) is 1.27. The van der Waals surface area contributed by atoms with Crippen molar-refractivity contribution >= 4 is 33.4 Å². The third kappa shape index (κ3) is 6.24. The summed E-state index contributed by atoms with van der Waals surface area (Å²) in [5.41, 5.74) is 0.633. The number of nitrogens with one attached hydrogen (secondary N) is 1. The van der Waals surface area contributed by atoms with Crippen molar-refractivity contribution in [3.63, 3.8) is 0 Å². The first-order valence-electron chi connectivity index (χ1n) is 12.2. The second kappa shape index (κ2) is 11.8. The third-order valence-corrected chi connectivity index (χ3v) is 7.93. The van der Waals surface area contributed by atoms with Crippen LogP contribution < -0.4 is 9.62 Å². The Balaban J connectivity index is 1.51. The fourth-order valence-electron chi connectivity index (χ4n) is 4.20. The van der Waals surface area contributed by atoms with Gasteiger partial charge in [-0.2, -0.15) is 4.31 Å². The highest BCUT2D eigenvalue weighted by molar-refractivity contribution is 7.93. The van der Waals surface area contributed by atoms with Crippen LogP contribution >= 0.6 is 0 Å². The lowest BCUT2D eigenvalue weighted by molar-refractivity contribution is -0.130. The van der Waals surface area contributed by atoms with Crippen molar-refractivity contribution in [2.24, 2.45) is 0 Å². The Morgan fingerprint density at radius 1 is 0.730 bits per heavy atom. The van der Waals surface area contributed by atoms with Crippen LogP contribution in [0, 0.1) is 0 Å². The molecule has 4 rings (SSSR count). The molecular weight excluding hydrogens is 490 g/mol. The molecule has 0 spiro atoms. The summed E-state index contributed by atoms with van der Waals surface area (Å²) in [5.74, 6) is -1.31. The van der Waals surface area contributed by atoms with E-state index < -0.39 is 21.8 Å². The molecule has 1 fully saturated rings. The third-order valence-electron chi connectivity index (χ3n) is 6.21. The van der Waals surface area contributed by atoms with E-state index in [4.69, 9.17) is 0 Å². The summed E-state index contributed by atoms with van der Waals surface area (Å²) in [5, 5.41) is 2.62. The zero-order valence-corrected chi connectivity index (χ0v) is 21.2. The molecule has 3 aromatic carbocycles. The van der Waals surface area contributed by atoms with E-state index in [0.717, 1.165) is 30.0 Å². The molecule has 3 amide bonds. The minimum Gasteiger partial charge on any atom is -0.343 e. The van der Waals surface area contributed by atoms with E-state index in [0.29, 0.717) is 13.1 Å². The molecule has 1 saturated heterocycles. The van der Waals surface area contributed by atoms with E-state index >= 15 is 0 Å². The van der Waals surface area contributed by atoms with Crippen LogP contribution in [0.5, 0.6) is 0 Å². The largest absolute Gasteiger partial charge is 0.343 e. The summed E-state index contributed by atoms with van der Waals surface area (Å²) in [6.07, 6.45) is 4.12. The number of benzene rings is 3. The number of hydrogen-bond donors (Lipinski definition) is 1. The zero-order chi connectivity index (χ0) is 26.3. The quantitative estimate of drug-likeness (QED) is 0.511. The van der Waals surface area contributed by atoms with E-state index in [9.17, 15) is 22.8 Å². The lowest BCUT2D eigenvalue weighted by atomic mass is 10.2. The molecule has 0 saturated carbocycles. The van der Waals surface area contributed by atoms with Crippen LogP contribution in [-0.4, -0.2) is 50.7 Å². The minimum atomic E-state index is -4.30. The van der Waals surface area contributed by atoms with Crippen molar-refractivity contribution < 1.29 is 22.8 Å². The zero-order valence-electron chi connectivity index (χ0n) is 20.4. The number of anilines is 1. The Labute approximate surface area is 217 Å².